The second-order valence-corrected chi connectivity index (χ2v) is 9.55. The average Bonchev–Trinajstić information content (AvgIpc) is 3.11. The Morgan fingerprint density at radius 2 is 1.76 bits per heavy atom. The number of rotatable bonds is 10. The van der Waals surface area contributed by atoms with Crippen LogP contribution < -0.4 is 4.31 Å². The van der Waals surface area contributed by atoms with Crippen LogP contribution in [-0.2, 0) is 22.3 Å². The van der Waals surface area contributed by atoms with E-state index in [0.717, 1.165) is 33.7 Å². The molecule has 4 nitrogen and oxygen atoms in total. The highest BCUT2D eigenvalue weighted by atomic mass is 32.2. The summed E-state index contributed by atoms with van der Waals surface area (Å²) in [7, 11) is 3.17. The molecule has 190 valence electrons. The van der Waals surface area contributed by atoms with E-state index in [9.17, 15) is 8.78 Å². The maximum absolute atomic E-state index is 14.6. The van der Waals surface area contributed by atoms with E-state index in [2.05, 4.69) is 15.0 Å². The number of hydrogen-bond donors (Lipinski definition) is 0. The molecule has 3 aromatic rings. The van der Waals surface area contributed by atoms with E-state index in [1.54, 1.807) is 26.5 Å². The third-order valence-electron chi connectivity index (χ3n) is 5.87. The summed E-state index contributed by atoms with van der Waals surface area (Å²) in [5.41, 5.74) is 6.99. The summed E-state index contributed by atoms with van der Waals surface area (Å²) >= 11 is 1.50. The first kappa shape index (κ1) is 26.3. The molecule has 0 saturated heterocycles. The van der Waals surface area contributed by atoms with Gasteiger partial charge in [0.2, 0.25) is 0 Å². The summed E-state index contributed by atoms with van der Waals surface area (Å²) in [6.45, 7) is 2.60. The fourth-order valence-corrected chi connectivity index (χ4v) is 4.99. The molecule has 1 aliphatic carbocycles. The predicted octanol–water partition coefficient (Wildman–Crippen LogP) is 7.07. The van der Waals surface area contributed by atoms with Gasteiger partial charge in [0.25, 0.3) is 0 Å². The number of pyridine rings is 1. The minimum absolute atomic E-state index is 0.0532. The minimum atomic E-state index is -0.552. The minimum Gasteiger partial charge on any atom is -0.493 e. The summed E-state index contributed by atoms with van der Waals surface area (Å²) in [6, 6.07) is 13.9. The second kappa shape index (κ2) is 12.4. The molecule has 2 aromatic carbocycles. The topological polar surface area (TPSA) is 34.6 Å². The zero-order chi connectivity index (χ0) is 26.2. The lowest BCUT2D eigenvalue weighted by Gasteiger charge is -2.27. The van der Waals surface area contributed by atoms with E-state index in [4.69, 9.17) is 9.47 Å². The number of methoxy groups -OCH3 is 2. The number of allylic oxidation sites excluding steroid dienone is 3. The zero-order valence-electron chi connectivity index (χ0n) is 21.0. The van der Waals surface area contributed by atoms with E-state index in [1.165, 1.54) is 30.1 Å². The van der Waals surface area contributed by atoms with Gasteiger partial charge in [-0.25, -0.2) is 8.78 Å². The molecule has 0 unspecified atom stereocenters. The van der Waals surface area contributed by atoms with Crippen LogP contribution in [0.4, 0.5) is 14.5 Å². The number of nitrogens with zero attached hydrogens (tertiary/aromatic N) is 2. The molecule has 0 fully saturated rings. The van der Waals surface area contributed by atoms with Gasteiger partial charge in [0.05, 0.1) is 19.9 Å². The number of halogens is 2. The van der Waals surface area contributed by atoms with Crippen LogP contribution in [0.25, 0.3) is 0 Å². The Balaban J connectivity index is 1.73. The van der Waals surface area contributed by atoms with Crippen molar-refractivity contribution in [3.8, 4) is 0 Å². The first-order valence-electron chi connectivity index (χ1n) is 11.8. The zero-order valence-corrected chi connectivity index (χ0v) is 21.8. The van der Waals surface area contributed by atoms with Crippen LogP contribution in [0.15, 0.2) is 101 Å². The van der Waals surface area contributed by atoms with Crippen LogP contribution in [0.1, 0.15) is 22.3 Å². The lowest BCUT2D eigenvalue weighted by Crippen LogP contribution is -2.20. The van der Waals surface area contributed by atoms with Gasteiger partial charge in [0.15, 0.2) is 11.5 Å². The molecule has 4 rings (SSSR count). The van der Waals surface area contributed by atoms with Crippen LogP contribution in [0, 0.1) is 18.6 Å². The molecule has 1 aliphatic rings. The van der Waals surface area contributed by atoms with Crippen LogP contribution in [0.2, 0.25) is 0 Å². The maximum atomic E-state index is 14.6. The Bertz CT molecular complexity index is 1360. The fraction of sp³-hybridized carbons (Fsp3) is 0.200. The molecule has 0 bridgehead atoms. The highest BCUT2D eigenvalue weighted by Crippen LogP contribution is 2.35. The molecule has 1 aromatic heterocycles. The van der Waals surface area contributed by atoms with Gasteiger partial charge in [-0.05, 0) is 72.8 Å². The Kier molecular flexibility index (Phi) is 8.83. The van der Waals surface area contributed by atoms with E-state index in [1.807, 2.05) is 55.6 Å². The Morgan fingerprint density at radius 1 is 0.973 bits per heavy atom. The van der Waals surface area contributed by atoms with Crippen molar-refractivity contribution in [2.75, 3.05) is 25.1 Å². The largest absolute Gasteiger partial charge is 0.493 e. The molecule has 0 spiro atoms. The molecular weight excluding hydrogens is 490 g/mol. The highest BCUT2D eigenvalue weighted by molar-refractivity contribution is 8.04. The van der Waals surface area contributed by atoms with Crippen LogP contribution in [0.5, 0.6) is 0 Å². The van der Waals surface area contributed by atoms with Crippen molar-refractivity contribution in [3.63, 3.8) is 0 Å². The van der Waals surface area contributed by atoms with E-state index in [0.29, 0.717) is 18.1 Å². The van der Waals surface area contributed by atoms with Gasteiger partial charge in [-0.1, -0.05) is 29.8 Å². The molecule has 0 amide bonds. The first-order chi connectivity index (χ1) is 18.0. The van der Waals surface area contributed by atoms with Crippen LogP contribution in [-0.4, -0.2) is 25.7 Å². The standard InChI is InChI=1S/C30H28F2N2O2S/c1-21-12-13-28(23(17-21)18-25-26(31)9-5-10-27(25)32)34(16-14-22-7-6-15-33-20-22)37-24-8-4-11-29(35-2)30(19-24)36-3/h5-13,15,17,19-20H,14,16,18H2,1-3H3. The van der Waals surface area contributed by atoms with Crippen molar-refractivity contribution in [1.82, 2.24) is 4.98 Å². The Hall–Kier alpha value is -3.80. The van der Waals surface area contributed by atoms with Gasteiger partial charge >= 0.3 is 0 Å². The Labute approximate surface area is 220 Å². The molecule has 1 heterocycles. The Morgan fingerprint density at radius 3 is 2.46 bits per heavy atom. The maximum Gasteiger partial charge on any atom is 0.168 e. The lowest BCUT2D eigenvalue weighted by atomic mass is 10.00. The summed E-state index contributed by atoms with van der Waals surface area (Å²) in [5.74, 6) is 0.0467. The van der Waals surface area contributed by atoms with Gasteiger partial charge in [-0.3, -0.25) is 4.98 Å². The summed E-state index contributed by atoms with van der Waals surface area (Å²) < 4.78 is 42.2. The van der Waals surface area contributed by atoms with E-state index >= 15 is 0 Å². The van der Waals surface area contributed by atoms with Crippen molar-refractivity contribution in [1.29, 1.82) is 0 Å². The SMILES string of the molecule is COC1=C(OC)C=C(SN(CCc2cccnc2)c2ccc(C)cc2Cc2c(F)cccc2F)C=C=C1. The van der Waals surface area contributed by atoms with Crippen molar-refractivity contribution in [2.24, 2.45) is 0 Å². The average molecular weight is 519 g/mol. The molecule has 7 heteroatoms. The van der Waals surface area contributed by atoms with Crippen molar-refractivity contribution >= 4 is 17.6 Å². The molecular formula is C30H28F2N2O2S. The smallest absolute Gasteiger partial charge is 0.168 e. The van der Waals surface area contributed by atoms with Crippen molar-refractivity contribution < 1.29 is 18.3 Å². The predicted molar refractivity (Wildman–Crippen MR) is 145 cm³/mol. The monoisotopic (exact) mass is 518 g/mol. The van der Waals surface area contributed by atoms with Crippen LogP contribution >= 0.6 is 11.9 Å². The summed E-state index contributed by atoms with van der Waals surface area (Å²) in [4.78, 5) is 5.10. The highest BCUT2D eigenvalue weighted by Gasteiger charge is 2.19. The number of hydrogen-bond acceptors (Lipinski definition) is 5. The van der Waals surface area contributed by atoms with Crippen LogP contribution in [0.3, 0.4) is 0 Å². The molecule has 0 aliphatic heterocycles. The number of aromatic nitrogens is 1. The number of benzene rings is 2. The van der Waals surface area contributed by atoms with E-state index in [-0.39, 0.29) is 12.0 Å². The van der Waals surface area contributed by atoms with Gasteiger partial charge in [-0.2, -0.15) is 0 Å². The molecule has 0 radical (unpaired) electrons. The normalized spacial score (nSPS) is 12.8. The summed E-state index contributed by atoms with van der Waals surface area (Å²) in [5, 5.41) is 0. The van der Waals surface area contributed by atoms with Gasteiger partial charge < -0.3 is 13.8 Å². The number of aryl methyl sites for hydroxylation is 1. The lowest BCUT2D eigenvalue weighted by molar-refractivity contribution is 0.242. The molecule has 0 atom stereocenters. The quantitative estimate of drug-likeness (QED) is 0.212. The second-order valence-electron chi connectivity index (χ2n) is 8.45. The van der Waals surface area contributed by atoms with Crippen molar-refractivity contribution in [2.45, 2.75) is 19.8 Å². The number of anilines is 1. The van der Waals surface area contributed by atoms with Gasteiger partial charge in [0.1, 0.15) is 11.6 Å². The fourth-order valence-electron chi connectivity index (χ4n) is 3.99. The van der Waals surface area contributed by atoms with Gasteiger partial charge in [0, 0.05) is 41.9 Å². The van der Waals surface area contributed by atoms with Crippen molar-refractivity contribution in [3.05, 3.63) is 135 Å². The van der Waals surface area contributed by atoms with E-state index < -0.39 is 11.6 Å². The molecule has 0 N–H and O–H groups in total. The number of ether oxygens (including phenoxy) is 2. The molecule has 37 heavy (non-hydrogen) atoms. The summed E-state index contributed by atoms with van der Waals surface area (Å²) in [6.07, 6.45) is 9.92. The first-order valence-corrected chi connectivity index (χ1v) is 12.6. The van der Waals surface area contributed by atoms with Gasteiger partial charge in [-0.15, -0.1) is 5.73 Å². The molecule has 0 saturated carbocycles. The third kappa shape index (κ3) is 6.70. The third-order valence-corrected chi connectivity index (χ3v) is 6.92.